The normalized spacial score (nSPS) is 18.4. The number of amides is 2. The number of thiazole rings is 1. The summed E-state index contributed by atoms with van der Waals surface area (Å²) in [5.41, 5.74) is -0.710. The number of nitrogens with zero attached hydrogens (tertiary/aromatic N) is 2. The van der Waals surface area contributed by atoms with Crippen molar-refractivity contribution in [2.24, 2.45) is 5.41 Å². The first-order valence-corrected chi connectivity index (χ1v) is 6.58. The molecule has 2 heterocycles. The third-order valence-corrected chi connectivity index (χ3v) is 4.01. The van der Waals surface area contributed by atoms with Crippen molar-refractivity contribution in [1.29, 1.82) is 0 Å². The van der Waals surface area contributed by atoms with Gasteiger partial charge in [-0.2, -0.15) is 0 Å². The Balaban J connectivity index is 1.90. The topological polar surface area (TPSA) is 82.5 Å². The summed E-state index contributed by atoms with van der Waals surface area (Å²) in [6, 6.07) is -0.211. The average molecular weight is 269 g/mol. The van der Waals surface area contributed by atoms with E-state index in [0.29, 0.717) is 31.1 Å². The predicted molar refractivity (Wildman–Crippen MR) is 67.7 cm³/mol. The number of nitrogens with one attached hydrogen (secondary N) is 1. The summed E-state index contributed by atoms with van der Waals surface area (Å²) in [5, 5.41) is 14.1. The first-order chi connectivity index (χ1) is 8.51. The Bertz CT molecular complexity index is 438. The van der Waals surface area contributed by atoms with E-state index in [0.717, 1.165) is 0 Å². The fourth-order valence-electron chi connectivity index (χ4n) is 1.87. The van der Waals surface area contributed by atoms with Crippen LogP contribution in [0.1, 0.15) is 19.8 Å². The second-order valence-corrected chi connectivity index (χ2v) is 5.51. The summed E-state index contributed by atoms with van der Waals surface area (Å²) in [7, 11) is 0. The molecule has 7 heteroatoms. The molecule has 0 aliphatic carbocycles. The van der Waals surface area contributed by atoms with Crippen molar-refractivity contribution in [2.45, 2.75) is 19.8 Å². The summed E-state index contributed by atoms with van der Waals surface area (Å²) in [4.78, 5) is 28.6. The van der Waals surface area contributed by atoms with E-state index in [4.69, 9.17) is 5.11 Å². The third kappa shape index (κ3) is 2.61. The van der Waals surface area contributed by atoms with E-state index in [9.17, 15) is 9.59 Å². The van der Waals surface area contributed by atoms with Crippen LogP contribution in [-0.2, 0) is 4.79 Å². The molecule has 0 spiro atoms. The number of aliphatic carboxylic acids is 1. The van der Waals surface area contributed by atoms with Gasteiger partial charge in [-0.05, 0) is 19.8 Å². The number of hydrogen-bond acceptors (Lipinski definition) is 4. The molecule has 2 N–H and O–H groups in total. The molecule has 18 heavy (non-hydrogen) atoms. The lowest BCUT2D eigenvalue weighted by molar-refractivity contribution is -0.150. The standard InChI is InChI=1S/C11H15N3O3S/c1-11(8(15)16)2-5-14(6-3-11)10(17)13-9-12-4-7-18-9/h4,7H,2-3,5-6H2,1H3,(H,15,16)(H,12,13,17). The number of rotatable bonds is 2. The second-order valence-electron chi connectivity index (χ2n) is 4.62. The molecule has 1 saturated heterocycles. The third-order valence-electron chi connectivity index (χ3n) is 3.32. The fourth-order valence-corrected chi connectivity index (χ4v) is 2.39. The van der Waals surface area contributed by atoms with E-state index in [1.165, 1.54) is 11.3 Å². The quantitative estimate of drug-likeness (QED) is 0.858. The van der Waals surface area contributed by atoms with Crippen LogP contribution in [0.4, 0.5) is 9.93 Å². The van der Waals surface area contributed by atoms with Gasteiger partial charge in [-0.1, -0.05) is 0 Å². The SMILES string of the molecule is CC1(C(=O)O)CCN(C(=O)Nc2nccs2)CC1. The molecule has 2 amide bonds. The van der Waals surface area contributed by atoms with Crippen LogP contribution in [0.2, 0.25) is 0 Å². The Labute approximate surface area is 109 Å². The fraction of sp³-hybridized carbons (Fsp3) is 0.545. The van der Waals surface area contributed by atoms with Crippen LogP contribution in [0.15, 0.2) is 11.6 Å². The van der Waals surface area contributed by atoms with Crippen molar-refractivity contribution >= 4 is 28.5 Å². The van der Waals surface area contributed by atoms with E-state index in [1.54, 1.807) is 23.4 Å². The van der Waals surface area contributed by atoms with Crippen molar-refractivity contribution < 1.29 is 14.7 Å². The summed E-state index contributed by atoms with van der Waals surface area (Å²) < 4.78 is 0. The molecule has 0 atom stereocenters. The highest BCUT2D eigenvalue weighted by Gasteiger charge is 2.38. The lowest BCUT2D eigenvalue weighted by Gasteiger charge is -2.36. The number of hydrogen-bond donors (Lipinski definition) is 2. The van der Waals surface area contributed by atoms with Crippen LogP contribution in [0.25, 0.3) is 0 Å². The lowest BCUT2D eigenvalue weighted by atomic mass is 9.80. The summed E-state index contributed by atoms with van der Waals surface area (Å²) in [6.07, 6.45) is 2.58. The molecular weight excluding hydrogens is 254 g/mol. The molecular formula is C11H15N3O3S. The summed E-state index contributed by atoms with van der Waals surface area (Å²) in [5.74, 6) is -0.789. The van der Waals surface area contributed by atoms with Gasteiger partial charge in [-0.25, -0.2) is 9.78 Å². The van der Waals surface area contributed by atoms with E-state index in [2.05, 4.69) is 10.3 Å². The van der Waals surface area contributed by atoms with Gasteiger partial charge in [0.05, 0.1) is 5.41 Å². The highest BCUT2D eigenvalue weighted by molar-refractivity contribution is 7.13. The molecule has 2 rings (SSSR count). The smallest absolute Gasteiger partial charge is 0.323 e. The molecule has 1 fully saturated rings. The molecule has 1 aromatic heterocycles. The van der Waals surface area contributed by atoms with Crippen LogP contribution in [-0.4, -0.2) is 40.1 Å². The zero-order chi connectivity index (χ0) is 13.2. The Morgan fingerprint density at radius 1 is 1.50 bits per heavy atom. The van der Waals surface area contributed by atoms with Crippen molar-refractivity contribution in [3.05, 3.63) is 11.6 Å². The van der Waals surface area contributed by atoms with E-state index < -0.39 is 11.4 Å². The maximum atomic E-state index is 11.9. The molecule has 0 radical (unpaired) electrons. The number of piperidine rings is 1. The number of urea groups is 1. The molecule has 0 aromatic carbocycles. The minimum Gasteiger partial charge on any atom is -0.481 e. The molecule has 98 valence electrons. The van der Waals surface area contributed by atoms with Crippen molar-refractivity contribution in [3.63, 3.8) is 0 Å². The van der Waals surface area contributed by atoms with Gasteiger partial charge >= 0.3 is 12.0 Å². The van der Waals surface area contributed by atoms with Gasteiger partial charge in [-0.15, -0.1) is 11.3 Å². The largest absolute Gasteiger partial charge is 0.481 e. The molecule has 0 saturated carbocycles. The van der Waals surface area contributed by atoms with Crippen molar-refractivity contribution in [1.82, 2.24) is 9.88 Å². The Morgan fingerprint density at radius 2 is 2.17 bits per heavy atom. The Morgan fingerprint density at radius 3 is 2.67 bits per heavy atom. The van der Waals surface area contributed by atoms with E-state index in [1.807, 2.05) is 0 Å². The monoisotopic (exact) mass is 269 g/mol. The minimum absolute atomic E-state index is 0.211. The summed E-state index contributed by atoms with van der Waals surface area (Å²) >= 11 is 1.36. The van der Waals surface area contributed by atoms with Gasteiger partial charge in [0.15, 0.2) is 5.13 Å². The van der Waals surface area contributed by atoms with Crippen LogP contribution in [0.5, 0.6) is 0 Å². The highest BCUT2D eigenvalue weighted by Crippen LogP contribution is 2.31. The number of aromatic nitrogens is 1. The minimum atomic E-state index is -0.789. The highest BCUT2D eigenvalue weighted by atomic mass is 32.1. The molecule has 0 bridgehead atoms. The molecule has 1 aliphatic heterocycles. The van der Waals surface area contributed by atoms with Gasteiger partial charge in [0.2, 0.25) is 0 Å². The second kappa shape index (κ2) is 4.93. The predicted octanol–water partition coefficient (Wildman–Crippen LogP) is 1.86. The zero-order valence-electron chi connectivity index (χ0n) is 10.0. The first kappa shape index (κ1) is 12.8. The van der Waals surface area contributed by atoms with Gasteiger partial charge in [0.1, 0.15) is 0 Å². The van der Waals surface area contributed by atoms with Gasteiger partial charge in [0, 0.05) is 24.7 Å². The van der Waals surface area contributed by atoms with Crippen LogP contribution < -0.4 is 5.32 Å². The Kier molecular flexibility index (Phi) is 3.51. The Hall–Kier alpha value is -1.63. The number of carboxylic acids is 1. The number of carbonyl (C=O) groups excluding carboxylic acids is 1. The zero-order valence-corrected chi connectivity index (χ0v) is 10.9. The van der Waals surface area contributed by atoms with Gasteiger partial charge < -0.3 is 10.0 Å². The van der Waals surface area contributed by atoms with Gasteiger partial charge in [0.25, 0.3) is 0 Å². The van der Waals surface area contributed by atoms with Crippen LogP contribution in [0, 0.1) is 5.41 Å². The van der Waals surface area contributed by atoms with E-state index in [-0.39, 0.29) is 6.03 Å². The summed E-state index contributed by atoms with van der Waals surface area (Å²) in [6.45, 7) is 2.64. The van der Waals surface area contributed by atoms with Crippen LogP contribution >= 0.6 is 11.3 Å². The van der Waals surface area contributed by atoms with Crippen molar-refractivity contribution in [2.75, 3.05) is 18.4 Å². The number of carbonyl (C=O) groups is 2. The van der Waals surface area contributed by atoms with Gasteiger partial charge in [-0.3, -0.25) is 10.1 Å². The molecule has 1 aliphatic rings. The van der Waals surface area contributed by atoms with E-state index >= 15 is 0 Å². The molecule has 6 nitrogen and oxygen atoms in total. The lowest BCUT2D eigenvalue weighted by Crippen LogP contribution is -2.46. The number of carboxylic acid groups (broad SMARTS) is 1. The maximum absolute atomic E-state index is 11.9. The first-order valence-electron chi connectivity index (χ1n) is 5.70. The maximum Gasteiger partial charge on any atom is 0.323 e. The van der Waals surface area contributed by atoms with Crippen molar-refractivity contribution in [3.8, 4) is 0 Å². The molecule has 0 unspecified atom stereocenters. The average Bonchev–Trinajstić information content (AvgIpc) is 2.82. The van der Waals surface area contributed by atoms with Crippen LogP contribution in [0.3, 0.4) is 0 Å². The number of likely N-dealkylation sites (tertiary alicyclic amines) is 1. The molecule has 1 aromatic rings. The number of anilines is 1.